The Kier molecular flexibility index (Phi) is 2.56. The Morgan fingerprint density at radius 3 is 2.73 bits per heavy atom. The van der Waals surface area contributed by atoms with Gasteiger partial charge in [-0.15, -0.1) is 0 Å². The minimum Gasteiger partial charge on any atom is -0.399 e. The first-order valence-corrected chi connectivity index (χ1v) is 5.14. The van der Waals surface area contributed by atoms with Gasteiger partial charge in [-0.3, -0.25) is 0 Å². The van der Waals surface area contributed by atoms with Crippen molar-refractivity contribution in [3.63, 3.8) is 0 Å². The number of thiocarbonyl (C=S) groups is 1. The molecule has 0 bridgehead atoms. The van der Waals surface area contributed by atoms with E-state index in [0.29, 0.717) is 11.4 Å². The van der Waals surface area contributed by atoms with Crippen molar-refractivity contribution in [2.45, 2.75) is 6.42 Å². The molecule has 0 atom stereocenters. The molecule has 0 fully saturated rings. The van der Waals surface area contributed by atoms with E-state index in [1.165, 1.54) is 0 Å². The van der Waals surface area contributed by atoms with Gasteiger partial charge >= 0.3 is 0 Å². The second-order valence-corrected chi connectivity index (χ2v) is 3.98. The van der Waals surface area contributed by atoms with Crippen molar-refractivity contribution < 1.29 is 0 Å². The Labute approximate surface area is 94.3 Å². The Morgan fingerprint density at radius 1 is 1.20 bits per heavy atom. The fourth-order valence-electron chi connectivity index (χ4n) is 1.59. The largest absolute Gasteiger partial charge is 0.399 e. The molecular weight excluding hydrogens is 204 g/mol. The normalized spacial score (nSPS) is 15.2. The van der Waals surface area contributed by atoms with Gasteiger partial charge in [0.05, 0.1) is 0 Å². The molecule has 1 aliphatic carbocycles. The highest BCUT2D eigenvalue weighted by Gasteiger charge is 2.11. The van der Waals surface area contributed by atoms with Gasteiger partial charge in [-0.25, -0.2) is 0 Å². The molecule has 0 saturated carbocycles. The number of rotatable bonds is 1. The lowest BCUT2D eigenvalue weighted by atomic mass is 9.95. The molecule has 0 spiro atoms. The molecule has 1 aliphatic rings. The molecule has 1 aromatic carbocycles. The van der Waals surface area contributed by atoms with E-state index in [1.807, 2.05) is 30.4 Å². The summed E-state index contributed by atoms with van der Waals surface area (Å²) in [6.07, 6.45) is 6.81. The molecule has 0 unspecified atom stereocenters. The first-order valence-electron chi connectivity index (χ1n) is 4.74. The second-order valence-electron chi connectivity index (χ2n) is 3.48. The molecule has 0 aromatic heterocycles. The number of hydrogen-bond donors (Lipinski definition) is 2. The minimum atomic E-state index is 0.706. The van der Waals surface area contributed by atoms with Gasteiger partial charge in [-0.05, 0) is 23.8 Å². The average Bonchev–Trinajstić information content (AvgIpc) is 2.23. The Bertz CT molecular complexity index is 473. The van der Waals surface area contributed by atoms with Crippen molar-refractivity contribution in [2.75, 3.05) is 11.5 Å². The summed E-state index contributed by atoms with van der Waals surface area (Å²) in [6.45, 7) is 0. The summed E-state index contributed by atoms with van der Waals surface area (Å²) in [4.78, 5) is 0.912. The van der Waals surface area contributed by atoms with Crippen molar-refractivity contribution in [1.29, 1.82) is 0 Å². The topological polar surface area (TPSA) is 52.0 Å². The molecule has 0 aliphatic heterocycles. The summed E-state index contributed by atoms with van der Waals surface area (Å²) in [5.41, 5.74) is 15.0. The van der Waals surface area contributed by atoms with Gasteiger partial charge in [0, 0.05) is 28.2 Å². The van der Waals surface area contributed by atoms with Crippen LogP contribution in [0, 0.1) is 0 Å². The monoisotopic (exact) mass is 216 g/mol. The van der Waals surface area contributed by atoms with Gasteiger partial charge in [0.2, 0.25) is 0 Å². The Balaban J connectivity index is 2.53. The summed E-state index contributed by atoms with van der Waals surface area (Å²) >= 11 is 5.30. The zero-order valence-corrected chi connectivity index (χ0v) is 9.05. The lowest BCUT2D eigenvalue weighted by Crippen LogP contribution is -2.04. The first-order chi connectivity index (χ1) is 7.18. The molecule has 2 rings (SSSR count). The third-order valence-corrected chi connectivity index (χ3v) is 2.76. The lowest BCUT2D eigenvalue weighted by Gasteiger charge is -2.13. The van der Waals surface area contributed by atoms with E-state index in [2.05, 4.69) is 0 Å². The van der Waals surface area contributed by atoms with Gasteiger partial charge in [0.1, 0.15) is 0 Å². The molecule has 4 N–H and O–H groups in total. The summed E-state index contributed by atoms with van der Waals surface area (Å²) in [7, 11) is 0. The first kappa shape index (κ1) is 9.93. The standard InChI is InChI=1S/C12H12N2S/c13-8-5-6-11(14)10(7-8)9-3-1-2-4-12(9)15/h1-3,5-7H,4,13-14H2. The van der Waals surface area contributed by atoms with Gasteiger partial charge < -0.3 is 11.5 Å². The third kappa shape index (κ3) is 1.92. The molecule has 0 saturated heterocycles. The van der Waals surface area contributed by atoms with Crippen LogP contribution in [-0.2, 0) is 0 Å². The zero-order valence-electron chi connectivity index (χ0n) is 8.23. The van der Waals surface area contributed by atoms with Crippen molar-refractivity contribution in [2.24, 2.45) is 0 Å². The van der Waals surface area contributed by atoms with Crippen molar-refractivity contribution in [1.82, 2.24) is 0 Å². The number of benzene rings is 1. The Morgan fingerprint density at radius 2 is 2.00 bits per heavy atom. The molecule has 15 heavy (non-hydrogen) atoms. The van der Waals surface area contributed by atoms with E-state index in [1.54, 1.807) is 6.07 Å². The van der Waals surface area contributed by atoms with E-state index >= 15 is 0 Å². The summed E-state index contributed by atoms with van der Waals surface area (Å²) in [5.74, 6) is 0. The van der Waals surface area contributed by atoms with Crippen LogP contribution in [0.15, 0.2) is 36.4 Å². The number of nitrogens with two attached hydrogens (primary N) is 2. The quantitative estimate of drug-likeness (QED) is 0.560. The van der Waals surface area contributed by atoms with Crippen LogP contribution in [0.4, 0.5) is 11.4 Å². The molecule has 76 valence electrons. The van der Waals surface area contributed by atoms with Crippen LogP contribution < -0.4 is 11.5 Å². The predicted octanol–water partition coefficient (Wildman–Crippen LogP) is 2.56. The maximum absolute atomic E-state index is 5.90. The minimum absolute atomic E-state index is 0.706. The smallest absolute Gasteiger partial charge is 0.0395 e. The summed E-state index contributed by atoms with van der Waals surface area (Å²) < 4.78 is 0. The second kappa shape index (κ2) is 3.87. The maximum atomic E-state index is 5.90. The van der Waals surface area contributed by atoms with Crippen LogP contribution >= 0.6 is 12.2 Å². The van der Waals surface area contributed by atoms with E-state index < -0.39 is 0 Å². The molecule has 0 amide bonds. The molecule has 0 radical (unpaired) electrons. The van der Waals surface area contributed by atoms with Crippen LogP contribution in [0.25, 0.3) is 5.57 Å². The number of anilines is 2. The fraction of sp³-hybridized carbons (Fsp3) is 0.0833. The SMILES string of the molecule is Nc1ccc(N)c(C2=CC=CCC2=S)c1. The third-order valence-electron chi connectivity index (χ3n) is 2.37. The predicted molar refractivity (Wildman–Crippen MR) is 69.6 cm³/mol. The van der Waals surface area contributed by atoms with Crippen molar-refractivity contribution in [3.05, 3.63) is 42.0 Å². The molecule has 1 aromatic rings. The lowest BCUT2D eigenvalue weighted by molar-refractivity contribution is 1.49. The van der Waals surface area contributed by atoms with E-state index in [9.17, 15) is 0 Å². The van der Waals surface area contributed by atoms with Crippen LogP contribution in [0.1, 0.15) is 12.0 Å². The number of nitrogen functional groups attached to an aromatic ring is 2. The summed E-state index contributed by atoms with van der Waals surface area (Å²) in [6, 6.07) is 5.47. The zero-order chi connectivity index (χ0) is 10.8. The van der Waals surface area contributed by atoms with E-state index in [4.69, 9.17) is 23.7 Å². The van der Waals surface area contributed by atoms with E-state index in [0.717, 1.165) is 22.4 Å². The average molecular weight is 216 g/mol. The van der Waals surface area contributed by atoms with Crippen LogP contribution in [-0.4, -0.2) is 4.86 Å². The summed E-state index contributed by atoms with van der Waals surface area (Å²) in [5, 5.41) is 0. The van der Waals surface area contributed by atoms with Crippen molar-refractivity contribution >= 4 is 34.0 Å². The molecular formula is C12H12N2S. The Hall–Kier alpha value is -1.61. The van der Waals surface area contributed by atoms with E-state index in [-0.39, 0.29) is 0 Å². The van der Waals surface area contributed by atoms with Gasteiger partial charge in [-0.2, -0.15) is 0 Å². The maximum Gasteiger partial charge on any atom is 0.0395 e. The highest BCUT2D eigenvalue weighted by Crippen LogP contribution is 2.28. The van der Waals surface area contributed by atoms with Crippen LogP contribution in [0.3, 0.4) is 0 Å². The van der Waals surface area contributed by atoms with Gasteiger partial charge in [-0.1, -0.05) is 30.4 Å². The van der Waals surface area contributed by atoms with Crippen molar-refractivity contribution in [3.8, 4) is 0 Å². The molecule has 0 heterocycles. The fourth-order valence-corrected chi connectivity index (χ4v) is 1.86. The van der Waals surface area contributed by atoms with Gasteiger partial charge in [0.15, 0.2) is 0 Å². The van der Waals surface area contributed by atoms with Gasteiger partial charge in [0.25, 0.3) is 0 Å². The molecule has 3 heteroatoms. The number of allylic oxidation sites excluding steroid dienone is 4. The van der Waals surface area contributed by atoms with Crippen LogP contribution in [0.5, 0.6) is 0 Å². The highest BCUT2D eigenvalue weighted by molar-refractivity contribution is 7.81. The van der Waals surface area contributed by atoms with Crippen LogP contribution in [0.2, 0.25) is 0 Å². The molecule has 2 nitrogen and oxygen atoms in total. The number of hydrogen-bond acceptors (Lipinski definition) is 3. The highest BCUT2D eigenvalue weighted by atomic mass is 32.1.